The van der Waals surface area contributed by atoms with Crippen LogP contribution in [0.15, 0.2) is 0 Å². The van der Waals surface area contributed by atoms with Gasteiger partial charge in [-0.2, -0.15) is 0 Å². The van der Waals surface area contributed by atoms with E-state index in [-0.39, 0.29) is 0 Å². The smallest absolute Gasteiger partial charge is 0.218 e. The number of ether oxygens (including phenoxy) is 1. The van der Waals surface area contributed by atoms with Gasteiger partial charge in [0, 0.05) is 12.1 Å². The van der Waals surface area contributed by atoms with Crippen LogP contribution in [-0.4, -0.2) is 28.1 Å². The molecule has 4 heteroatoms. The van der Waals surface area contributed by atoms with Crippen LogP contribution in [0, 0.1) is 0 Å². The third-order valence-electron chi connectivity index (χ3n) is 1.66. The molecule has 0 unspecified atom stereocenters. The predicted molar refractivity (Wildman–Crippen MR) is 59.6 cm³/mol. The van der Waals surface area contributed by atoms with Gasteiger partial charge in [-0.3, -0.25) is 4.90 Å². The highest BCUT2D eigenvalue weighted by Gasteiger charge is 2.13. The van der Waals surface area contributed by atoms with Crippen LogP contribution in [0.25, 0.3) is 0 Å². The highest BCUT2D eigenvalue weighted by atomic mass is 32.1. The second-order valence-corrected chi connectivity index (χ2v) is 4.32. The average Bonchev–Trinajstić information content (AvgIpc) is 1.84. The first kappa shape index (κ1) is 12.2. The molecule has 12 heavy (non-hydrogen) atoms. The standard InChI is InChI=1S/C8H17NOS2/c1-6(2)9(7(3)4)5-10-8(11)12/h6-7H,5H2,1-4H3,(H,11,12). The largest absolute Gasteiger partial charge is 0.463 e. The maximum atomic E-state index is 5.15. The van der Waals surface area contributed by atoms with Crippen molar-refractivity contribution in [1.29, 1.82) is 0 Å². The summed E-state index contributed by atoms with van der Waals surface area (Å²) in [6.07, 6.45) is 0. The van der Waals surface area contributed by atoms with Crippen molar-refractivity contribution in [3.63, 3.8) is 0 Å². The third kappa shape index (κ3) is 4.95. The van der Waals surface area contributed by atoms with Gasteiger partial charge in [0.25, 0.3) is 0 Å². The first-order chi connectivity index (χ1) is 5.45. The number of thiocarbonyl (C=S) groups is 1. The molecule has 0 amide bonds. The van der Waals surface area contributed by atoms with Crippen molar-refractivity contribution in [1.82, 2.24) is 4.90 Å². The Morgan fingerprint density at radius 2 is 1.75 bits per heavy atom. The predicted octanol–water partition coefficient (Wildman–Crippen LogP) is 2.29. The summed E-state index contributed by atoms with van der Waals surface area (Å²) >= 11 is 8.59. The van der Waals surface area contributed by atoms with E-state index in [1.54, 1.807) is 0 Å². The molecule has 0 spiro atoms. The number of hydrogen-bond acceptors (Lipinski definition) is 3. The fraction of sp³-hybridized carbons (Fsp3) is 0.875. The zero-order chi connectivity index (χ0) is 9.72. The maximum absolute atomic E-state index is 5.15. The van der Waals surface area contributed by atoms with Gasteiger partial charge in [0.05, 0.1) is 0 Å². The first-order valence-corrected chi connectivity index (χ1v) is 4.92. The van der Waals surface area contributed by atoms with Crippen LogP contribution < -0.4 is 0 Å². The Morgan fingerprint density at radius 1 is 1.33 bits per heavy atom. The van der Waals surface area contributed by atoms with Gasteiger partial charge in [-0.15, -0.1) is 0 Å². The molecule has 0 radical (unpaired) electrons. The SMILES string of the molecule is CC(C)N(COC(=S)S)C(C)C. The van der Waals surface area contributed by atoms with Crippen LogP contribution >= 0.6 is 24.8 Å². The lowest BCUT2D eigenvalue weighted by molar-refractivity contribution is 0.0668. The average molecular weight is 207 g/mol. The van der Waals surface area contributed by atoms with E-state index in [1.807, 2.05) is 0 Å². The topological polar surface area (TPSA) is 12.5 Å². The summed E-state index contributed by atoms with van der Waals surface area (Å²) in [5, 5.41) is 0. The second-order valence-electron chi connectivity index (χ2n) is 3.24. The summed E-state index contributed by atoms with van der Waals surface area (Å²) in [6.45, 7) is 9.05. The molecule has 2 nitrogen and oxygen atoms in total. The maximum Gasteiger partial charge on any atom is 0.218 e. The highest BCUT2D eigenvalue weighted by molar-refractivity contribution is 8.10. The number of hydrogen-bond donors (Lipinski definition) is 1. The zero-order valence-corrected chi connectivity index (χ0v) is 9.78. The fourth-order valence-electron chi connectivity index (χ4n) is 1.02. The minimum Gasteiger partial charge on any atom is -0.463 e. The Kier molecular flexibility index (Phi) is 5.88. The van der Waals surface area contributed by atoms with Gasteiger partial charge >= 0.3 is 0 Å². The number of nitrogens with zero attached hydrogens (tertiary/aromatic N) is 1. The fourth-order valence-corrected chi connectivity index (χ4v) is 1.13. The van der Waals surface area contributed by atoms with E-state index < -0.39 is 0 Å². The molecule has 0 atom stereocenters. The molecule has 0 aliphatic rings. The summed E-state index contributed by atoms with van der Waals surface area (Å²) < 4.78 is 5.45. The Bertz CT molecular complexity index is 140. The lowest BCUT2D eigenvalue weighted by Crippen LogP contribution is -2.38. The van der Waals surface area contributed by atoms with E-state index in [0.29, 0.717) is 23.2 Å². The van der Waals surface area contributed by atoms with E-state index in [0.717, 1.165) is 0 Å². The number of rotatable bonds is 4. The van der Waals surface area contributed by atoms with E-state index in [1.165, 1.54) is 0 Å². The molecular weight excluding hydrogens is 190 g/mol. The summed E-state index contributed by atoms with van der Waals surface area (Å²) in [4.78, 5) is 2.20. The Hall–Kier alpha value is 0.200. The molecule has 0 aromatic rings. The van der Waals surface area contributed by atoms with E-state index in [2.05, 4.69) is 45.2 Å². The zero-order valence-electron chi connectivity index (χ0n) is 8.07. The van der Waals surface area contributed by atoms with Crippen LogP contribution in [-0.2, 0) is 4.74 Å². The molecular formula is C8H17NOS2. The molecule has 0 aliphatic carbocycles. The molecule has 0 aliphatic heterocycles. The minimum atomic E-state index is 0.307. The van der Waals surface area contributed by atoms with Gasteiger partial charge in [-0.1, -0.05) is 12.6 Å². The van der Waals surface area contributed by atoms with Crippen molar-refractivity contribution >= 4 is 29.2 Å². The van der Waals surface area contributed by atoms with Crippen LogP contribution in [0.3, 0.4) is 0 Å². The summed E-state index contributed by atoms with van der Waals surface area (Å²) in [5.41, 5.74) is 0. The Labute approximate surface area is 85.7 Å². The first-order valence-electron chi connectivity index (χ1n) is 4.06. The van der Waals surface area contributed by atoms with Crippen molar-refractivity contribution in [2.24, 2.45) is 0 Å². The van der Waals surface area contributed by atoms with Gasteiger partial charge in [-0.05, 0) is 39.9 Å². The van der Waals surface area contributed by atoms with E-state index >= 15 is 0 Å². The van der Waals surface area contributed by atoms with Crippen molar-refractivity contribution in [3.05, 3.63) is 0 Å². The summed E-state index contributed by atoms with van der Waals surface area (Å²) in [5.74, 6) is 0. The highest BCUT2D eigenvalue weighted by Crippen LogP contribution is 2.05. The quantitative estimate of drug-likeness (QED) is 0.432. The van der Waals surface area contributed by atoms with Crippen molar-refractivity contribution in [2.45, 2.75) is 39.8 Å². The normalized spacial score (nSPS) is 11.3. The summed E-state index contributed by atoms with van der Waals surface area (Å²) in [6, 6.07) is 0.931. The van der Waals surface area contributed by atoms with Crippen molar-refractivity contribution in [2.75, 3.05) is 6.73 Å². The molecule has 0 heterocycles. The molecule has 72 valence electrons. The third-order valence-corrected chi connectivity index (χ3v) is 1.91. The molecule has 0 saturated carbocycles. The monoisotopic (exact) mass is 207 g/mol. The Morgan fingerprint density at radius 3 is 2.00 bits per heavy atom. The van der Waals surface area contributed by atoms with Crippen LogP contribution in [0.5, 0.6) is 0 Å². The molecule has 0 N–H and O–H groups in total. The van der Waals surface area contributed by atoms with Gasteiger partial charge in [0.2, 0.25) is 4.38 Å². The molecule has 0 saturated heterocycles. The second kappa shape index (κ2) is 5.78. The molecule has 0 aromatic carbocycles. The molecule has 0 aromatic heterocycles. The van der Waals surface area contributed by atoms with Gasteiger partial charge in [-0.25, -0.2) is 0 Å². The number of thiol groups is 1. The van der Waals surface area contributed by atoms with E-state index in [4.69, 9.17) is 17.0 Å². The van der Waals surface area contributed by atoms with Crippen LogP contribution in [0.1, 0.15) is 27.7 Å². The van der Waals surface area contributed by atoms with Gasteiger partial charge < -0.3 is 4.74 Å². The van der Waals surface area contributed by atoms with Crippen molar-refractivity contribution in [3.8, 4) is 0 Å². The minimum absolute atomic E-state index is 0.307. The van der Waals surface area contributed by atoms with Crippen LogP contribution in [0.4, 0.5) is 0 Å². The lowest BCUT2D eigenvalue weighted by Gasteiger charge is -2.29. The summed E-state index contributed by atoms with van der Waals surface area (Å²) in [7, 11) is 0. The molecule has 0 fully saturated rings. The van der Waals surface area contributed by atoms with Gasteiger partial charge in [0.15, 0.2) is 0 Å². The molecule has 0 rings (SSSR count). The lowest BCUT2D eigenvalue weighted by atomic mass is 10.2. The van der Waals surface area contributed by atoms with Gasteiger partial charge in [0.1, 0.15) is 6.73 Å². The van der Waals surface area contributed by atoms with E-state index in [9.17, 15) is 0 Å². The van der Waals surface area contributed by atoms with Crippen molar-refractivity contribution < 1.29 is 4.74 Å². The molecule has 0 bridgehead atoms. The Balaban J connectivity index is 3.88. The van der Waals surface area contributed by atoms with Crippen LogP contribution in [0.2, 0.25) is 0 Å².